The van der Waals surface area contributed by atoms with Gasteiger partial charge in [-0.1, -0.05) is 6.07 Å². The third-order valence-corrected chi connectivity index (χ3v) is 3.57. The molecule has 0 atom stereocenters. The van der Waals surface area contributed by atoms with Gasteiger partial charge in [0.25, 0.3) is 0 Å². The van der Waals surface area contributed by atoms with Crippen molar-refractivity contribution in [3.8, 4) is 11.5 Å². The van der Waals surface area contributed by atoms with E-state index in [-0.39, 0.29) is 34.6 Å². The van der Waals surface area contributed by atoms with E-state index in [1.807, 2.05) is 0 Å². The number of carbonyl (C=O) groups is 1. The lowest BCUT2D eigenvalue weighted by Crippen LogP contribution is -2.16. The standard InChI is InChI=1S/C17H14F5NO3/c1-25-11-3-2-9(14(8-11)17(20,21)22)6-10-7-12(26-16(18)19)4-5-13(10)15(23)24/h2-5,7-8,16H,6H2,1H3,(H2,23,24). The molecule has 0 spiro atoms. The number of amides is 1. The van der Waals surface area contributed by atoms with Crippen LogP contribution in [0.1, 0.15) is 27.0 Å². The number of benzene rings is 2. The molecule has 0 aromatic heterocycles. The van der Waals surface area contributed by atoms with Crippen LogP contribution in [0.5, 0.6) is 11.5 Å². The van der Waals surface area contributed by atoms with E-state index in [1.54, 1.807) is 0 Å². The number of hydrogen-bond acceptors (Lipinski definition) is 3. The summed E-state index contributed by atoms with van der Waals surface area (Å²) in [5, 5.41) is 0. The molecule has 0 fully saturated rings. The number of carbonyl (C=O) groups excluding carboxylic acids is 1. The number of hydrogen-bond donors (Lipinski definition) is 1. The van der Waals surface area contributed by atoms with Crippen LogP contribution in [0, 0.1) is 0 Å². The summed E-state index contributed by atoms with van der Waals surface area (Å²) in [6, 6.07) is 6.62. The highest BCUT2D eigenvalue weighted by atomic mass is 19.4. The molecule has 0 bridgehead atoms. The minimum Gasteiger partial charge on any atom is -0.497 e. The van der Waals surface area contributed by atoms with E-state index in [2.05, 4.69) is 4.74 Å². The Morgan fingerprint density at radius 2 is 1.73 bits per heavy atom. The van der Waals surface area contributed by atoms with Gasteiger partial charge < -0.3 is 15.2 Å². The molecule has 140 valence electrons. The fourth-order valence-electron chi connectivity index (χ4n) is 2.44. The molecule has 0 saturated carbocycles. The average Bonchev–Trinajstić information content (AvgIpc) is 2.53. The largest absolute Gasteiger partial charge is 0.497 e. The number of nitrogens with two attached hydrogens (primary N) is 1. The van der Waals surface area contributed by atoms with Gasteiger partial charge in [-0.05, 0) is 47.9 Å². The number of methoxy groups -OCH3 is 1. The SMILES string of the molecule is COc1ccc(Cc2cc(OC(F)F)ccc2C(N)=O)c(C(F)(F)F)c1. The topological polar surface area (TPSA) is 61.6 Å². The molecule has 0 aliphatic carbocycles. The Morgan fingerprint density at radius 1 is 1.08 bits per heavy atom. The molecule has 0 heterocycles. The molecule has 0 aliphatic rings. The zero-order chi connectivity index (χ0) is 19.5. The van der Waals surface area contributed by atoms with Crippen molar-refractivity contribution in [2.24, 2.45) is 5.73 Å². The van der Waals surface area contributed by atoms with Gasteiger partial charge >= 0.3 is 12.8 Å². The third kappa shape index (κ3) is 4.62. The minimum absolute atomic E-state index is 0.00554. The summed E-state index contributed by atoms with van der Waals surface area (Å²) in [7, 11) is 1.23. The van der Waals surface area contributed by atoms with Crippen LogP contribution in [-0.2, 0) is 12.6 Å². The molecule has 9 heteroatoms. The second-order valence-electron chi connectivity index (χ2n) is 5.26. The van der Waals surface area contributed by atoms with Crippen LogP contribution in [0.2, 0.25) is 0 Å². The highest BCUT2D eigenvalue weighted by Gasteiger charge is 2.34. The van der Waals surface area contributed by atoms with Gasteiger partial charge in [0.15, 0.2) is 0 Å². The summed E-state index contributed by atoms with van der Waals surface area (Å²) in [6.07, 6.45) is -5.04. The summed E-state index contributed by atoms with van der Waals surface area (Å²) in [6.45, 7) is -3.12. The van der Waals surface area contributed by atoms with Crippen molar-refractivity contribution in [1.82, 2.24) is 0 Å². The van der Waals surface area contributed by atoms with Crippen LogP contribution in [0.25, 0.3) is 0 Å². The van der Waals surface area contributed by atoms with Crippen molar-refractivity contribution in [1.29, 1.82) is 0 Å². The van der Waals surface area contributed by atoms with E-state index in [0.29, 0.717) is 0 Å². The van der Waals surface area contributed by atoms with Crippen molar-refractivity contribution in [2.45, 2.75) is 19.2 Å². The van der Waals surface area contributed by atoms with Gasteiger partial charge in [0.1, 0.15) is 11.5 Å². The average molecular weight is 375 g/mol. The Bertz CT molecular complexity index is 805. The lowest BCUT2D eigenvalue weighted by molar-refractivity contribution is -0.138. The first kappa shape index (κ1) is 19.5. The lowest BCUT2D eigenvalue weighted by Gasteiger charge is -2.16. The first-order valence-electron chi connectivity index (χ1n) is 7.23. The predicted octanol–water partition coefficient (Wildman–Crippen LogP) is 4.01. The van der Waals surface area contributed by atoms with E-state index in [0.717, 1.165) is 24.3 Å². The zero-order valence-electron chi connectivity index (χ0n) is 13.4. The maximum Gasteiger partial charge on any atom is 0.416 e. The molecule has 2 rings (SSSR count). The number of primary amides is 1. The Hall–Kier alpha value is -2.84. The van der Waals surface area contributed by atoms with Crippen LogP contribution < -0.4 is 15.2 Å². The minimum atomic E-state index is -4.67. The summed E-state index contributed by atoms with van der Waals surface area (Å²) in [4.78, 5) is 11.5. The van der Waals surface area contributed by atoms with E-state index in [9.17, 15) is 26.7 Å². The van der Waals surface area contributed by atoms with Crippen LogP contribution in [0.15, 0.2) is 36.4 Å². The number of rotatable bonds is 6. The van der Waals surface area contributed by atoms with Crippen molar-refractivity contribution < 1.29 is 36.2 Å². The first-order valence-corrected chi connectivity index (χ1v) is 7.23. The number of halogens is 5. The molecule has 4 nitrogen and oxygen atoms in total. The second-order valence-corrected chi connectivity index (χ2v) is 5.26. The third-order valence-electron chi connectivity index (χ3n) is 3.57. The van der Waals surface area contributed by atoms with Crippen molar-refractivity contribution >= 4 is 5.91 Å². The Morgan fingerprint density at radius 3 is 2.27 bits per heavy atom. The summed E-state index contributed by atoms with van der Waals surface area (Å²) >= 11 is 0. The molecular weight excluding hydrogens is 361 g/mol. The smallest absolute Gasteiger partial charge is 0.416 e. The predicted molar refractivity (Wildman–Crippen MR) is 82.4 cm³/mol. The second kappa shape index (κ2) is 7.59. The zero-order valence-corrected chi connectivity index (χ0v) is 13.4. The van der Waals surface area contributed by atoms with E-state index in [1.165, 1.54) is 19.2 Å². The first-order chi connectivity index (χ1) is 12.1. The van der Waals surface area contributed by atoms with Gasteiger partial charge in [0.2, 0.25) is 5.91 Å². The van der Waals surface area contributed by atoms with Gasteiger partial charge in [0, 0.05) is 5.56 Å². The van der Waals surface area contributed by atoms with E-state index >= 15 is 0 Å². The molecule has 26 heavy (non-hydrogen) atoms. The quantitative estimate of drug-likeness (QED) is 0.777. The molecule has 0 aliphatic heterocycles. The normalized spacial score (nSPS) is 11.5. The van der Waals surface area contributed by atoms with E-state index in [4.69, 9.17) is 10.5 Å². The van der Waals surface area contributed by atoms with Crippen molar-refractivity contribution in [3.63, 3.8) is 0 Å². The Kier molecular flexibility index (Phi) is 5.69. The molecule has 2 aromatic carbocycles. The van der Waals surface area contributed by atoms with Crippen LogP contribution >= 0.6 is 0 Å². The van der Waals surface area contributed by atoms with Gasteiger partial charge in [-0.15, -0.1) is 0 Å². The fraction of sp³-hybridized carbons (Fsp3) is 0.235. The van der Waals surface area contributed by atoms with Crippen LogP contribution in [-0.4, -0.2) is 19.6 Å². The van der Waals surface area contributed by atoms with E-state index < -0.39 is 24.3 Å². The van der Waals surface area contributed by atoms with Gasteiger partial charge in [-0.25, -0.2) is 0 Å². The number of ether oxygens (including phenoxy) is 2. The maximum absolute atomic E-state index is 13.3. The van der Waals surface area contributed by atoms with Crippen molar-refractivity contribution in [3.05, 3.63) is 58.7 Å². The molecule has 2 N–H and O–H groups in total. The molecule has 0 unspecified atom stereocenters. The lowest BCUT2D eigenvalue weighted by atomic mass is 9.95. The van der Waals surface area contributed by atoms with Crippen LogP contribution in [0.4, 0.5) is 22.0 Å². The van der Waals surface area contributed by atoms with Gasteiger partial charge in [-0.2, -0.15) is 22.0 Å². The molecule has 0 saturated heterocycles. The van der Waals surface area contributed by atoms with Crippen molar-refractivity contribution in [2.75, 3.05) is 7.11 Å². The summed E-state index contributed by atoms with van der Waals surface area (Å²) in [5.41, 5.74) is 4.03. The highest BCUT2D eigenvalue weighted by Crippen LogP contribution is 2.36. The molecule has 1 amide bonds. The Labute approximate surface area is 145 Å². The summed E-state index contributed by atoms with van der Waals surface area (Å²) < 4.78 is 73.7. The Balaban J connectivity index is 2.51. The monoisotopic (exact) mass is 375 g/mol. The summed E-state index contributed by atoms with van der Waals surface area (Å²) in [5.74, 6) is -1.18. The number of alkyl halides is 5. The maximum atomic E-state index is 13.3. The van der Waals surface area contributed by atoms with Gasteiger partial charge in [0.05, 0.1) is 12.7 Å². The molecular formula is C17H14F5NO3. The molecule has 0 radical (unpaired) electrons. The van der Waals surface area contributed by atoms with Crippen LogP contribution in [0.3, 0.4) is 0 Å². The van der Waals surface area contributed by atoms with Gasteiger partial charge in [-0.3, -0.25) is 4.79 Å². The fourth-order valence-corrected chi connectivity index (χ4v) is 2.44. The molecule has 2 aromatic rings. The highest BCUT2D eigenvalue weighted by molar-refractivity contribution is 5.94.